The van der Waals surface area contributed by atoms with Crippen LogP contribution in [0.25, 0.3) is 10.8 Å². The van der Waals surface area contributed by atoms with Crippen molar-refractivity contribution < 1.29 is 5.11 Å². The predicted molar refractivity (Wildman–Crippen MR) is 51.2 cm³/mol. The fraction of sp³-hybridized carbons (Fsp3) is 0.100. The van der Waals surface area contributed by atoms with E-state index in [1.807, 2.05) is 22.9 Å². The maximum absolute atomic E-state index is 9.66. The maximum atomic E-state index is 9.66. The molecule has 2 heterocycles. The molecule has 0 aliphatic carbocycles. The minimum absolute atomic E-state index is 0.344. The van der Waals surface area contributed by atoms with Gasteiger partial charge in [0.15, 0.2) is 0 Å². The molecule has 0 atom stereocenters. The number of benzene rings is 1. The lowest BCUT2D eigenvalue weighted by atomic mass is 10.1. The standard InChI is InChI=1S/C10H8N2O/c13-9-3-1-2-7-5-12-6-11-4-8(12)10(7)9/h1-3,5-6,13H,4H2. The van der Waals surface area contributed by atoms with Crippen LogP contribution >= 0.6 is 0 Å². The van der Waals surface area contributed by atoms with Crippen molar-refractivity contribution >= 4 is 17.1 Å². The van der Waals surface area contributed by atoms with Crippen LogP contribution in [0.1, 0.15) is 5.69 Å². The Labute approximate surface area is 74.9 Å². The molecular formula is C10H8N2O. The molecule has 0 bridgehead atoms. The molecular weight excluding hydrogens is 164 g/mol. The van der Waals surface area contributed by atoms with Gasteiger partial charge in [0.2, 0.25) is 0 Å². The number of phenolic OH excluding ortho intramolecular Hbond substituents is 1. The van der Waals surface area contributed by atoms with Gasteiger partial charge in [0, 0.05) is 17.0 Å². The molecule has 0 saturated carbocycles. The van der Waals surface area contributed by atoms with E-state index in [-0.39, 0.29) is 0 Å². The van der Waals surface area contributed by atoms with Crippen LogP contribution in [0.5, 0.6) is 5.75 Å². The Kier molecular flexibility index (Phi) is 1.10. The molecule has 1 aromatic heterocycles. The molecule has 3 heteroatoms. The van der Waals surface area contributed by atoms with Gasteiger partial charge in [0.1, 0.15) is 5.75 Å². The molecule has 13 heavy (non-hydrogen) atoms. The first-order chi connectivity index (χ1) is 6.36. The molecule has 0 radical (unpaired) electrons. The van der Waals surface area contributed by atoms with Crippen molar-refractivity contribution in [1.29, 1.82) is 0 Å². The Morgan fingerprint density at radius 3 is 3.23 bits per heavy atom. The molecule has 0 amide bonds. The molecule has 64 valence electrons. The van der Waals surface area contributed by atoms with E-state index in [2.05, 4.69) is 4.99 Å². The van der Waals surface area contributed by atoms with E-state index in [0.717, 1.165) is 16.5 Å². The number of hydrogen-bond acceptors (Lipinski definition) is 2. The van der Waals surface area contributed by atoms with Gasteiger partial charge in [0.25, 0.3) is 0 Å². The SMILES string of the molecule is Oc1cccc2cn3c(c12)CN=C3. The van der Waals surface area contributed by atoms with Crippen LogP contribution in [-0.2, 0) is 6.54 Å². The van der Waals surface area contributed by atoms with Crippen LogP contribution in [0, 0.1) is 0 Å². The fourth-order valence-electron chi connectivity index (χ4n) is 1.82. The summed E-state index contributed by atoms with van der Waals surface area (Å²) in [6, 6.07) is 5.56. The second-order valence-electron chi connectivity index (χ2n) is 3.18. The topological polar surface area (TPSA) is 37.5 Å². The highest BCUT2D eigenvalue weighted by Crippen LogP contribution is 2.30. The summed E-state index contributed by atoms with van der Waals surface area (Å²) in [6.45, 7) is 0.668. The summed E-state index contributed by atoms with van der Waals surface area (Å²) in [6.07, 6.45) is 3.77. The van der Waals surface area contributed by atoms with Crippen molar-refractivity contribution in [2.75, 3.05) is 0 Å². The Bertz CT molecular complexity index is 511. The van der Waals surface area contributed by atoms with Crippen molar-refractivity contribution in [2.45, 2.75) is 6.54 Å². The number of hydrogen-bond donors (Lipinski definition) is 1. The number of nitrogens with zero attached hydrogens (tertiary/aromatic N) is 2. The Balaban J connectivity index is 2.50. The average molecular weight is 172 g/mol. The third-order valence-electron chi connectivity index (χ3n) is 2.40. The predicted octanol–water partition coefficient (Wildman–Crippen LogP) is 1.74. The van der Waals surface area contributed by atoms with Crippen molar-refractivity contribution in [3.63, 3.8) is 0 Å². The van der Waals surface area contributed by atoms with E-state index in [1.54, 1.807) is 12.4 Å². The Morgan fingerprint density at radius 1 is 1.38 bits per heavy atom. The first-order valence-corrected chi connectivity index (χ1v) is 4.17. The summed E-state index contributed by atoms with van der Waals surface area (Å²) in [5.41, 5.74) is 1.08. The molecule has 2 aromatic rings. The second-order valence-corrected chi connectivity index (χ2v) is 3.18. The Hall–Kier alpha value is -1.77. The lowest BCUT2D eigenvalue weighted by Crippen LogP contribution is -1.89. The third kappa shape index (κ3) is 0.758. The van der Waals surface area contributed by atoms with Gasteiger partial charge in [-0.15, -0.1) is 0 Å². The molecule has 3 rings (SSSR count). The molecule has 1 aliphatic heterocycles. The summed E-state index contributed by atoms with van der Waals surface area (Å²) in [7, 11) is 0. The zero-order valence-electron chi connectivity index (χ0n) is 6.94. The van der Waals surface area contributed by atoms with Gasteiger partial charge in [-0.1, -0.05) is 12.1 Å². The smallest absolute Gasteiger partial charge is 0.125 e. The summed E-state index contributed by atoms with van der Waals surface area (Å²) in [5, 5.41) is 11.7. The van der Waals surface area contributed by atoms with E-state index < -0.39 is 0 Å². The summed E-state index contributed by atoms with van der Waals surface area (Å²) < 4.78 is 1.96. The van der Waals surface area contributed by atoms with Crippen LogP contribution in [0.2, 0.25) is 0 Å². The van der Waals surface area contributed by atoms with Gasteiger partial charge in [0.05, 0.1) is 18.6 Å². The van der Waals surface area contributed by atoms with E-state index in [1.165, 1.54) is 0 Å². The van der Waals surface area contributed by atoms with Gasteiger partial charge in [-0.05, 0) is 6.07 Å². The minimum atomic E-state index is 0.344. The largest absolute Gasteiger partial charge is 0.507 e. The van der Waals surface area contributed by atoms with Crippen LogP contribution in [0.4, 0.5) is 0 Å². The van der Waals surface area contributed by atoms with Crippen molar-refractivity contribution in [2.24, 2.45) is 4.99 Å². The molecule has 1 aliphatic rings. The highest BCUT2D eigenvalue weighted by molar-refractivity contribution is 5.94. The lowest BCUT2D eigenvalue weighted by Gasteiger charge is -1.96. The van der Waals surface area contributed by atoms with Crippen LogP contribution < -0.4 is 0 Å². The highest BCUT2D eigenvalue weighted by Gasteiger charge is 2.13. The number of fused-ring (bicyclic) bond motifs is 3. The molecule has 1 aromatic carbocycles. The van der Waals surface area contributed by atoms with Gasteiger partial charge in [-0.3, -0.25) is 4.99 Å². The van der Waals surface area contributed by atoms with Crippen molar-refractivity contribution in [3.05, 3.63) is 30.1 Å². The zero-order chi connectivity index (χ0) is 8.84. The zero-order valence-corrected chi connectivity index (χ0v) is 6.94. The van der Waals surface area contributed by atoms with Gasteiger partial charge in [-0.25, -0.2) is 0 Å². The molecule has 0 spiro atoms. The van der Waals surface area contributed by atoms with Gasteiger partial charge < -0.3 is 9.67 Å². The van der Waals surface area contributed by atoms with Gasteiger partial charge in [-0.2, -0.15) is 0 Å². The second kappa shape index (κ2) is 2.13. The van der Waals surface area contributed by atoms with E-state index in [0.29, 0.717) is 12.3 Å². The van der Waals surface area contributed by atoms with E-state index in [9.17, 15) is 5.11 Å². The fourth-order valence-corrected chi connectivity index (χ4v) is 1.82. The lowest BCUT2D eigenvalue weighted by molar-refractivity contribution is 0.481. The molecule has 0 fully saturated rings. The van der Waals surface area contributed by atoms with Crippen LogP contribution in [0.3, 0.4) is 0 Å². The van der Waals surface area contributed by atoms with Crippen molar-refractivity contribution in [3.8, 4) is 5.75 Å². The maximum Gasteiger partial charge on any atom is 0.125 e. The average Bonchev–Trinajstić information content (AvgIpc) is 2.62. The molecule has 1 N–H and O–H groups in total. The first-order valence-electron chi connectivity index (χ1n) is 4.17. The highest BCUT2D eigenvalue weighted by atomic mass is 16.3. The number of aromatic hydroxyl groups is 1. The van der Waals surface area contributed by atoms with E-state index in [4.69, 9.17) is 0 Å². The summed E-state index contributed by atoms with van der Waals surface area (Å²) >= 11 is 0. The van der Waals surface area contributed by atoms with Crippen LogP contribution in [0.15, 0.2) is 29.4 Å². The summed E-state index contributed by atoms with van der Waals surface area (Å²) in [4.78, 5) is 4.13. The number of aliphatic imine (C=N–C) groups is 1. The number of aromatic nitrogens is 1. The van der Waals surface area contributed by atoms with Crippen molar-refractivity contribution in [1.82, 2.24) is 4.57 Å². The minimum Gasteiger partial charge on any atom is -0.507 e. The van der Waals surface area contributed by atoms with E-state index >= 15 is 0 Å². The number of rotatable bonds is 0. The quantitative estimate of drug-likeness (QED) is 0.645. The summed E-state index contributed by atoms with van der Waals surface area (Å²) in [5.74, 6) is 0.344. The van der Waals surface area contributed by atoms with Crippen LogP contribution in [-0.4, -0.2) is 16.0 Å². The monoisotopic (exact) mass is 172 g/mol. The normalized spacial score (nSPS) is 13.8. The molecule has 3 nitrogen and oxygen atoms in total. The number of phenols is 1. The molecule has 0 unspecified atom stereocenters. The Morgan fingerprint density at radius 2 is 2.31 bits per heavy atom. The third-order valence-corrected chi connectivity index (χ3v) is 2.40. The van der Waals surface area contributed by atoms with Gasteiger partial charge >= 0.3 is 0 Å². The molecule has 0 saturated heterocycles. The first kappa shape index (κ1) is 6.71.